The Bertz CT molecular complexity index is 781. The molecule has 1 saturated heterocycles. The minimum Gasteiger partial charge on any atom is -0.496 e. The Labute approximate surface area is 146 Å². The summed E-state index contributed by atoms with van der Waals surface area (Å²) in [6.07, 6.45) is 3.43. The van der Waals surface area contributed by atoms with E-state index < -0.39 is 0 Å². The highest BCUT2D eigenvalue weighted by Crippen LogP contribution is 2.22. The molecule has 132 valence electrons. The fourth-order valence-corrected chi connectivity index (χ4v) is 3.05. The van der Waals surface area contributed by atoms with Crippen LogP contribution in [0.1, 0.15) is 28.8 Å². The molecule has 2 heterocycles. The third-order valence-electron chi connectivity index (χ3n) is 4.34. The van der Waals surface area contributed by atoms with Crippen molar-refractivity contribution < 1.29 is 14.3 Å². The molecule has 1 atom stereocenters. The van der Waals surface area contributed by atoms with Gasteiger partial charge in [-0.2, -0.15) is 0 Å². The molecule has 1 amide bonds. The molecular formula is C19H22N2O4. The minimum absolute atomic E-state index is 0.00134. The summed E-state index contributed by atoms with van der Waals surface area (Å²) in [5.74, 6) is 0.415. The Morgan fingerprint density at radius 2 is 2.16 bits per heavy atom. The van der Waals surface area contributed by atoms with E-state index in [9.17, 15) is 9.59 Å². The number of hydrogen-bond acceptors (Lipinski definition) is 4. The summed E-state index contributed by atoms with van der Waals surface area (Å²) in [7, 11) is 1.60. The molecule has 1 aromatic heterocycles. The molecule has 3 rings (SSSR count). The number of carbonyl (C=O) groups is 1. The monoisotopic (exact) mass is 342 g/mol. The highest BCUT2D eigenvalue weighted by atomic mass is 16.5. The van der Waals surface area contributed by atoms with Gasteiger partial charge in [0, 0.05) is 31.5 Å². The molecule has 6 heteroatoms. The Kier molecular flexibility index (Phi) is 5.50. The van der Waals surface area contributed by atoms with Crippen LogP contribution in [0.2, 0.25) is 0 Å². The lowest BCUT2D eigenvalue weighted by atomic mass is 10.1. The Morgan fingerprint density at radius 1 is 1.32 bits per heavy atom. The van der Waals surface area contributed by atoms with E-state index in [1.165, 1.54) is 6.20 Å². The van der Waals surface area contributed by atoms with E-state index in [1.54, 1.807) is 24.1 Å². The average molecular weight is 342 g/mol. The third kappa shape index (κ3) is 4.09. The number of nitrogens with zero attached hydrogens (tertiary/aromatic N) is 1. The number of para-hydroxylation sites is 1. The Morgan fingerprint density at radius 3 is 2.88 bits per heavy atom. The molecule has 1 aliphatic heterocycles. The molecule has 6 nitrogen and oxygen atoms in total. The number of hydrogen-bond donors (Lipinski definition) is 1. The number of aromatic nitrogens is 1. The quantitative estimate of drug-likeness (QED) is 0.874. The third-order valence-corrected chi connectivity index (χ3v) is 4.34. The van der Waals surface area contributed by atoms with Gasteiger partial charge < -0.3 is 19.4 Å². The lowest BCUT2D eigenvalue weighted by molar-refractivity contribution is 0.0504. The molecule has 2 aromatic rings. The van der Waals surface area contributed by atoms with Crippen molar-refractivity contribution >= 4 is 5.91 Å². The van der Waals surface area contributed by atoms with Gasteiger partial charge in [0.15, 0.2) is 0 Å². The number of aromatic amines is 1. The summed E-state index contributed by atoms with van der Waals surface area (Å²) in [4.78, 5) is 29.2. The maximum absolute atomic E-state index is 13.0. The zero-order valence-electron chi connectivity index (χ0n) is 14.2. The summed E-state index contributed by atoms with van der Waals surface area (Å²) in [6, 6.07) is 10.8. The molecule has 1 N–H and O–H groups in total. The van der Waals surface area contributed by atoms with Crippen LogP contribution in [0, 0.1) is 0 Å². The second kappa shape index (κ2) is 7.98. The molecule has 1 fully saturated rings. The Balaban J connectivity index is 1.87. The van der Waals surface area contributed by atoms with Gasteiger partial charge in [-0.05, 0) is 31.0 Å². The zero-order valence-corrected chi connectivity index (χ0v) is 14.2. The first-order valence-electron chi connectivity index (χ1n) is 8.39. The molecule has 0 bridgehead atoms. The molecule has 1 aromatic carbocycles. The molecule has 0 spiro atoms. The maximum atomic E-state index is 13.0. The number of rotatable bonds is 6. The first-order valence-corrected chi connectivity index (χ1v) is 8.39. The van der Waals surface area contributed by atoms with Crippen LogP contribution in [-0.4, -0.2) is 42.2 Å². The second-order valence-electron chi connectivity index (χ2n) is 6.05. The summed E-state index contributed by atoms with van der Waals surface area (Å²) in [6.45, 7) is 1.52. The molecule has 0 aliphatic carbocycles. The van der Waals surface area contributed by atoms with E-state index in [1.807, 2.05) is 24.3 Å². The summed E-state index contributed by atoms with van der Waals surface area (Å²) in [5, 5.41) is 0. The van der Waals surface area contributed by atoms with Crippen molar-refractivity contribution in [2.24, 2.45) is 0 Å². The number of nitrogens with one attached hydrogen (secondary N) is 1. The van der Waals surface area contributed by atoms with Gasteiger partial charge in [0.2, 0.25) is 0 Å². The van der Waals surface area contributed by atoms with Gasteiger partial charge in [0.25, 0.3) is 11.5 Å². The predicted octanol–water partition coefficient (Wildman–Crippen LogP) is 2.20. The number of H-pyrrole nitrogens is 1. The number of carbonyl (C=O) groups excluding carboxylic acids is 1. The number of pyridine rings is 1. The van der Waals surface area contributed by atoms with Gasteiger partial charge >= 0.3 is 0 Å². The number of amides is 1. The molecule has 1 unspecified atom stereocenters. The van der Waals surface area contributed by atoms with E-state index in [0.29, 0.717) is 19.7 Å². The Hall–Kier alpha value is -2.60. The smallest absolute Gasteiger partial charge is 0.260 e. The van der Waals surface area contributed by atoms with E-state index >= 15 is 0 Å². The van der Waals surface area contributed by atoms with Gasteiger partial charge in [-0.1, -0.05) is 18.2 Å². The molecule has 0 radical (unpaired) electrons. The van der Waals surface area contributed by atoms with Crippen molar-refractivity contribution in [3.63, 3.8) is 0 Å². The fraction of sp³-hybridized carbons (Fsp3) is 0.368. The van der Waals surface area contributed by atoms with Crippen LogP contribution in [0.4, 0.5) is 0 Å². The lowest BCUT2D eigenvalue weighted by Gasteiger charge is -2.26. The van der Waals surface area contributed by atoms with E-state index in [2.05, 4.69) is 4.98 Å². The first-order chi connectivity index (χ1) is 12.2. The molecule has 25 heavy (non-hydrogen) atoms. The average Bonchev–Trinajstić information content (AvgIpc) is 3.14. The van der Waals surface area contributed by atoms with Gasteiger partial charge in [0.05, 0.1) is 13.2 Å². The van der Waals surface area contributed by atoms with Crippen molar-refractivity contribution in [2.45, 2.75) is 25.5 Å². The topological polar surface area (TPSA) is 71.6 Å². The minimum atomic E-state index is -0.384. The summed E-state index contributed by atoms with van der Waals surface area (Å²) >= 11 is 0. The second-order valence-corrected chi connectivity index (χ2v) is 6.05. The van der Waals surface area contributed by atoms with Crippen molar-refractivity contribution in [2.75, 3.05) is 20.3 Å². The highest BCUT2D eigenvalue weighted by molar-refractivity contribution is 5.93. The molecule has 0 saturated carbocycles. The zero-order chi connectivity index (χ0) is 17.6. The largest absolute Gasteiger partial charge is 0.496 e. The van der Waals surface area contributed by atoms with Crippen LogP contribution in [0.15, 0.2) is 47.4 Å². The molecule has 1 aliphatic rings. The van der Waals surface area contributed by atoms with Gasteiger partial charge in [-0.15, -0.1) is 0 Å². The maximum Gasteiger partial charge on any atom is 0.260 e. The van der Waals surface area contributed by atoms with Gasteiger partial charge in [-0.3, -0.25) is 9.59 Å². The summed E-state index contributed by atoms with van der Waals surface area (Å²) in [5.41, 5.74) is 0.643. The van der Waals surface area contributed by atoms with Crippen molar-refractivity contribution in [3.05, 3.63) is 64.1 Å². The van der Waals surface area contributed by atoms with Crippen molar-refractivity contribution in [1.29, 1.82) is 0 Å². The number of methoxy groups -OCH3 is 1. The summed E-state index contributed by atoms with van der Waals surface area (Å²) < 4.78 is 11.1. The van der Waals surface area contributed by atoms with Crippen molar-refractivity contribution in [1.82, 2.24) is 9.88 Å². The number of benzene rings is 1. The van der Waals surface area contributed by atoms with Crippen LogP contribution in [0.3, 0.4) is 0 Å². The van der Waals surface area contributed by atoms with Crippen LogP contribution < -0.4 is 10.3 Å². The van der Waals surface area contributed by atoms with Gasteiger partial charge in [-0.25, -0.2) is 0 Å². The van der Waals surface area contributed by atoms with Crippen LogP contribution >= 0.6 is 0 Å². The standard InChI is InChI=1S/C19H22N2O4/c1-24-17-9-3-2-6-14(17)12-21(13-15-7-5-11-25-15)19(23)16-8-4-10-20-18(16)22/h2-4,6,8-10,15H,5,7,11-13H2,1H3,(H,20,22). The van der Waals surface area contributed by atoms with Crippen LogP contribution in [-0.2, 0) is 11.3 Å². The van der Waals surface area contributed by atoms with E-state index in [-0.39, 0.29) is 23.1 Å². The van der Waals surface area contributed by atoms with Crippen LogP contribution in [0.25, 0.3) is 0 Å². The van der Waals surface area contributed by atoms with E-state index in [4.69, 9.17) is 9.47 Å². The fourth-order valence-electron chi connectivity index (χ4n) is 3.05. The molecular weight excluding hydrogens is 320 g/mol. The first kappa shape index (κ1) is 17.2. The van der Waals surface area contributed by atoms with E-state index in [0.717, 1.165) is 24.2 Å². The van der Waals surface area contributed by atoms with Gasteiger partial charge in [0.1, 0.15) is 11.3 Å². The number of ether oxygens (including phenoxy) is 2. The lowest BCUT2D eigenvalue weighted by Crippen LogP contribution is -2.39. The highest BCUT2D eigenvalue weighted by Gasteiger charge is 2.25. The van der Waals surface area contributed by atoms with Crippen molar-refractivity contribution in [3.8, 4) is 5.75 Å². The predicted molar refractivity (Wildman–Crippen MR) is 93.8 cm³/mol. The SMILES string of the molecule is COc1ccccc1CN(CC1CCCO1)C(=O)c1ccc[nH]c1=O. The van der Waals surface area contributed by atoms with Crippen LogP contribution in [0.5, 0.6) is 5.75 Å². The normalized spacial score (nSPS) is 16.6.